The van der Waals surface area contributed by atoms with Gasteiger partial charge in [-0.2, -0.15) is 0 Å². The summed E-state index contributed by atoms with van der Waals surface area (Å²) in [6.07, 6.45) is 3.03. The predicted octanol–water partition coefficient (Wildman–Crippen LogP) is 1.94. The second-order valence-electron chi connectivity index (χ2n) is 2.37. The van der Waals surface area contributed by atoms with Gasteiger partial charge in [-0.3, -0.25) is 0 Å². The lowest BCUT2D eigenvalue weighted by atomic mass is 10.2. The van der Waals surface area contributed by atoms with Crippen LogP contribution < -0.4 is 0 Å². The second kappa shape index (κ2) is 3.13. The molecule has 0 radical (unpaired) electrons. The monoisotopic (exact) mass is 164 g/mol. The van der Waals surface area contributed by atoms with Gasteiger partial charge in [-0.05, 0) is 22.9 Å². The van der Waals surface area contributed by atoms with Crippen LogP contribution in [0.15, 0.2) is 18.8 Å². The summed E-state index contributed by atoms with van der Waals surface area (Å²) in [4.78, 5) is 13.5. The summed E-state index contributed by atoms with van der Waals surface area (Å²) < 4.78 is 0. The summed E-state index contributed by atoms with van der Waals surface area (Å²) in [5, 5.41) is 10.3. The minimum Gasteiger partial charge on any atom is -0.358 e. The van der Waals surface area contributed by atoms with Crippen LogP contribution in [0.3, 0.4) is 0 Å². The van der Waals surface area contributed by atoms with Crippen molar-refractivity contribution in [1.29, 1.82) is 0 Å². The van der Waals surface area contributed by atoms with E-state index in [2.05, 4.69) is 11.6 Å². The van der Waals surface area contributed by atoms with Gasteiger partial charge in [0.15, 0.2) is 0 Å². The van der Waals surface area contributed by atoms with Crippen LogP contribution in [-0.2, 0) is 0 Å². The first-order valence-electron chi connectivity index (χ1n) is 3.38. The molecule has 0 spiro atoms. The molecule has 0 unspecified atom stereocenters. The fraction of sp³-hybridized carbons (Fsp3) is 0.125. The molecular formula is C8H8N2O2. The van der Waals surface area contributed by atoms with Crippen LogP contribution in [0.1, 0.15) is 11.1 Å². The van der Waals surface area contributed by atoms with Crippen molar-refractivity contribution in [3.8, 4) is 0 Å². The van der Waals surface area contributed by atoms with Crippen LogP contribution in [0, 0.1) is 17.0 Å². The van der Waals surface area contributed by atoms with Crippen molar-refractivity contribution >= 4 is 11.9 Å². The molecule has 62 valence electrons. The average Bonchev–Trinajstić information content (AvgIpc) is 2.03. The van der Waals surface area contributed by atoms with Gasteiger partial charge in [-0.1, -0.05) is 12.7 Å². The molecule has 0 amide bonds. The van der Waals surface area contributed by atoms with Gasteiger partial charge in [0.05, 0.1) is 0 Å². The van der Waals surface area contributed by atoms with Gasteiger partial charge in [-0.25, -0.2) is 0 Å². The van der Waals surface area contributed by atoms with E-state index in [1.54, 1.807) is 19.1 Å². The summed E-state index contributed by atoms with van der Waals surface area (Å²) in [6.45, 7) is 5.19. The van der Waals surface area contributed by atoms with Gasteiger partial charge in [0.1, 0.15) is 6.20 Å². The van der Waals surface area contributed by atoms with Crippen molar-refractivity contribution in [2.45, 2.75) is 6.92 Å². The van der Waals surface area contributed by atoms with E-state index in [9.17, 15) is 10.1 Å². The molecule has 0 N–H and O–H groups in total. The third-order valence-electron chi connectivity index (χ3n) is 1.48. The molecule has 0 atom stereocenters. The Morgan fingerprint density at radius 2 is 2.42 bits per heavy atom. The molecule has 1 heterocycles. The van der Waals surface area contributed by atoms with Gasteiger partial charge in [0.2, 0.25) is 0 Å². The summed E-state index contributed by atoms with van der Waals surface area (Å²) in [5.41, 5.74) is 1.34. The Hall–Kier alpha value is -1.71. The van der Waals surface area contributed by atoms with E-state index in [0.717, 1.165) is 5.56 Å². The Kier molecular flexibility index (Phi) is 2.19. The second-order valence-corrected chi connectivity index (χ2v) is 2.37. The minimum atomic E-state index is -0.498. The van der Waals surface area contributed by atoms with E-state index in [4.69, 9.17) is 0 Å². The number of nitrogens with zero attached hydrogens (tertiary/aromatic N) is 2. The summed E-state index contributed by atoms with van der Waals surface area (Å²) >= 11 is 0. The van der Waals surface area contributed by atoms with Gasteiger partial charge < -0.3 is 10.1 Å². The van der Waals surface area contributed by atoms with Gasteiger partial charge in [0.25, 0.3) is 0 Å². The number of hydrogen-bond acceptors (Lipinski definition) is 3. The highest BCUT2D eigenvalue weighted by Gasteiger charge is 2.10. The van der Waals surface area contributed by atoms with Crippen molar-refractivity contribution in [3.05, 3.63) is 40.1 Å². The molecule has 1 aromatic heterocycles. The van der Waals surface area contributed by atoms with E-state index in [1.807, 2.05) is 0 Å². The predicted molar refractivity (Wildman–Crippen MR) is 45.7 cm³/mol. The van der Waals surface area contributed by atoms with Crippen LogP contribution in [-0.4, -0.2) is 9.91 Å². The number of hydrogen-bond donors (Lipinski definition) is 0. The average molecular weight is 164 g/mol. The first kappa shape index (κ1) is 8.39. The van der Waals surface area contributed by atoms with E-state index >= 15 is 0 Å². The molecule has 0 aromatic carbocycles. The maximum Gasteiger partial charge on any atom is 0.366 e. The normalized spacial score (nSPS) is 9.42. The molecule has 1 rings (SSSR count). The van der Waals surface area contributed by atoms with Crippen LogP contribution >= 0.6 is 0 Å². The summed E-state index contributed by atoms with van der Waals surface area (Å²) in [6, 6.07) is 1.68. The lowest BCUT2D eigenvalue weighted by molar-refractivity contribution is -0.390. The van der Waals surface area contributed by atoms with Crippen molar-refractivity contribution in [3.63, 3.8) is 0 Å². The Labute approximate surface area is 69.7 Å². The molecule has 1 aromatic rings. The molecule has 4 heteroatoms. The van der Waals surface area contributed by atoms with Crippen LogP contribution in [0.5, 0.6) is 0 Å². The van der Waals surface area contributed by atoms with Crippen molar-refractivity contribution in [1.82, 2.24) is 4.98 Å². The zero-order valence-corrected chi connectivity index (χ0v) is 6.65. The van der Waals surface area contributed by atoms with E-state index < -0.39 is 4.92 Å². The molecule has 0 fully saturated rings. The van der Waals surface area contributed by atoms with Crippen LogP contribution in [0.4, 0.5) is 5.82 Å². The topological polar surface area (TPSA) is 56.0 Å². The highest BCUT2D eigenvalue weighted by atomic mass is 16.6. The first-order chi connectivity index (χ1) is 5.65. The van der Waals surface area contributed by atoms with E-state index in [0.29, 0.717) is 5.56 Å². The van der Waals surface area contributed by atoms with E-state index in [-0.39, 0.29) is 5.82 Å². The van der Waals surface area contributed by atoms with Crippen molar-refractivity contribution in [2.24, 2.45) is 0 Å². The maximum atomic E-state index is 10.3. The highest BCUT2D eigenvalue weighted by molar-refractivity contribution is 5.49. The van der Waals surface area contributed by atoms with Crippen molar-refractivity contribution < 1.29 is 4.92 Å². The Balaban J connectivity index is 3.20. The highest BCUT2D eigenvalue weighted by Crippen LogP contribution is 2.15. The van der Waals surface area contributed by atoms with Gasteiger partial charge in [0, 0.05) is 11.1 Å². The van der Waals surface area contributed by atoms with E-state index in [1.165, 1.54) is 6.20 Å². The smallest absolute Gasteiger partial charge is 0.358 e. The maximum absolute atomic E-state index is 10.3. The quantitative estimate of drug-likeness (QED) is 0.495. The largest absolute Gasteiger partial charge is 0.366 e. The number of aromatic nitrogens is 1. The van der Waals surface area contributed by atoms with Gasteiger partial charge >= 0.3 is 5.82 Å². The summed E-state index contributed by atoms with van der Waals surface area (Å²) in [7, 11) is 0. The number of rotatable bonds is 2. The lowest BCUT2D eigenvalue weighted by Gasteiger charge is -1.96. The zero-order valence-electron chi connectivity index (χ0n) is 6.65. The number of nitro groups is 1. The fourth-order valence-electron chi connectivity index (χ4n) is 0.892. The summed E-state index contributed by atoms with van der Waals surface area (Å²) in [5.74, 6) is -0.0967. The molecule has 0 aliphatic carbocycles. The molecular weight excluding hydrogens is 156 g/mol. The Bertz CT molecular complexity index is 334. The Morgan fingerprint density at radius 3 is 2.83 bits per heavy atom. The molecule has 12 heavy (non-hydrogen) atoms. The SMILES string of the molecule is C=Cc1cnc([N+](=O)[O-])c(C)c1. The third kappa shape index (κ3) is 1.47. The number of pyridine rings is 1. The number of aryl methyl sites for hydroxylation is 1. The fourth-order valence-corrected chi connectivity index (χ4v) is 0.892. The zero-order chi connectivity index (χ0) is 9.14. The van der Waals surface area contributed by atoms with Crippen molar-refractivity contribution in [2.75, 3.05) is 0 Å². The first-order valence-corrected chi connectivity index (χ1v) is 3.38. The van der Waals surface area contributed by atoms with Crippen LogP contribution in [0.2, 0.25) is 0 Å². The molecule has 4 nitrogen and oxygen atoms in total. The molecule has 0 saturated carbocycles. The molecule has 0 aliphatic heterocycles. The molecule has 0 aliphatic rings. The molecule has 0 saturated heterocycles. The third-order valence-corrected chi connectivity index (χ3v) is 1.48. The molecule has 0 bridgehead atoms. The standard InChI is InChI=1S/C8H8N2O2/c1-3-7-4-6(2)8(9-5-7)10(11)12/h3-5H,1H2,2H3. The lowest BCUT2D eigenvalue weighted by Crippen LogP contribution is -1.95. The van der Waals surface area contributed by atoms with Crippen LogP contribution in [0.25, 0.3) is 6.08 Å². The Morgan fingerprint density at radius 1 is 1.75 bits per heavy atom. The minimum absolute atomic E-state index is 0.0967. The van der Waals surface area contributed by atoms with Gasteiger partial charge in [-0.15, -0.1) is 0 Å².